The molecule has 0 saturated carbocycles. The highest BCUT2D eigenvalue weighted by molar-refractivity contribution is 7.89. The standard InChI is InChI=1S/C15H24N6O3S/c1-4-20(5-2)10-12-8-18-14-13(9-19-21(14)11-12)15(22)17-6-7-25(23,24)16-3/h8-9,11,16H,4-7,10H2,1-3H3,(H,17,22). The minimum absolute atomic E-state index is 0.0133. The number of carbonyl (C=O) groups is 1. The van der Waals surface area contributed by atoms with Crippen LogP contribution >= 0.6 is 0 Å². The van der Waals surface area contributed by atoms with Crippen LogP contribution in [0.5, 0.6) is 0 Å². The topological polar surface area (TPSA) is 109 Å². The predicted molar refractivity (Wildman–Crippen MR) is 94.8 cm³/mol. The fraction of sp³-hybridized carbons (Fsp3) is 0.533. The number of amides is 1. The average Bonchev–Trinajstić information content (AvgIpc) is 3.02. The van der Waals surface area contributed by atoms with Gasteiger partial charge in [-0.05, 0) is 20.1 Å². The van der Waals surface area contributed by atoms with E-state index in [9.17, 15) is 13.2 Å². The van der Waals surface area contributed by atoms with Crippen LogP contribution in [0.1, 0.15) is 29.8 Å². The lowest BCUT2D eigenvalue weighted by Crippen LogP contribution is -2.32. The second kappa shape index (κ2) is 8.37. The largest absolute Gasteiger partial charge is 0.351 e. The van der Waals surface area contributed by atoms with Gasteiger partial charge in [0.1, 0.15) is 5.56 Å². The van der Waals surface area contributed by atoms with E-state index in [1.54, 1.807) is 10.7 Å². The molecule has 1 amide bonds. The molecule has 10 heteroatoms. The number of hydrogen-bond donors (Lipinski definition) is 2. The lowest BCUT2D eigenvalue weighted by atomic mass is 10.3. The van der Waals surface area contributed by atoms with Crippen LogP contribution in [0.25, 0.3) is 5.65 Å². The molecule has 0 atom stereocenters. The third-order valence-electron chi connectivity index (χ3n) is 3.92. The molecule has 0 aromatic carbocycles. The number of nitrogens with zero attached hydrogens (tertiary/aromatic N) is 4. The molecule has 0 radical (unpaired) electrons. The molecule has 0 unspecified atom stereocenters. The van der Waals surface area contributed by atoms with Crippen LogP contribution in [0, 0.1) is 0 Å². The lowest BCUT2D eigenvalue weighted by molar-refractivity contribution is 0.0957. The monoisotopic (exact) mass is 368 g/mol. The van der Waals surface area contributed by atoms with Gasteiger partial charge in [0.2, 0.25) is 10.0 Å². The molecule has 2 N–H and O–H groups in total. The Morgan fingerprint density at radius 3 is 2.64 bits per heavy atom. The van der Waals surface area contributed by atoms with Gasteiger partial charge in [0.15, 0.2) is 5.65 Å². The highest BCUT2D eigenvalue weighted by atomic mass is 32.2. The molecule has 0 bridgehead atoms. The Morgan fingerprint density at radius 1 is 1.28 bits per heavy atom. The third kappa shape index (κ3) is 4.97. The van der Waals surface area contributed by atoms with Crippen molar-refractivity contribution in [3.05, 3.63) is 29.7 Å². The van der Waals surface area contributed by atoms with Crippen molar-refractivity contribution in [2.24, 2.45) is 0 Å². The number of nitrogens with one attached hydrogen (secondary N) is 2. The summed E-state index contributed by atoms with van der Waals surface area (Å²) >= 11 is 0. The second-order valence-electron chi connectivity index (χ2n) is 5.53. The molecule has 0 saturated heterocycles. The maximum absolute atomic E-state index is 12.2. The highest BCUT2D eigenvalue weighted by Crippen LogP contribution is 2.10. The normalized spacial score (nSPS) is 12.0. The van der Waals surface area contributed by atoms with Crippen molar-refractivity contribution in [1.82, 2.24) is 29.5 Å². The van der Waals surface area contributed by atoms with Gasteiger partial charge in [-0.1, -0.05) is 13.8 Å². The Balaban J connectivity index is 2.08. The van der Waals surface area contributed by atoms with Gasteiger partial charge in [0.05, 0.1) is 11.9 Å². The van der Waals surface area contributed by atoms with Crippen molar-refractivity contribution in [3.8, 4) is 0 Å². The Morgan fingerprint density at radius 2 is 2.00 bits per heavy atom. The molecule has 0 aliphatic heterocycles. The fourth-order valence-corrected chi connectivity index (χ4v) is 2.93. The van der Waals surface area contributed by atoms with Crippen LogP contribution in [-0.2, 0) is 16.6 Å². The van der Waals surface area contributed by atoms with Crippen LogP contribution < -0.4 is 10.0 Å². The number of carbonyl (C=O) groups excluding carboxylic acids is 1. The molecule has 2 rings (SSSR count). The molecule has 2 aromatic rings. The number of fused-ring (bicyclic) bond motifs is 1. The summed E-state index contributed by atoms with van der Waals surface area (Å²) in [6.45, 7) is 6.85. The van der Waals surface area contributed by atoms with Gasteiger partial charge in [-0.25, -0.2) is 22.6 Å². The van der Waals surface area contributed by atoms with E-state index in [2.05, 4.69) is 38.9 Å². The van der Waals surface area contributed by atoms with Crippen LogP contribution in [0.4, 0.5) is 0 Å². The van der Waals surface area contributed by atoms with Gasteiger partial charge in [-0.2, -0.15) is 5.10 Å². The summed E-state index contributed by atoms with van der Waals surface area (Å²) in [4.78, 5) is 18.8. The number of sulfonamides is 1. The summed E-state index contributed by atoms with van der Waals surface area (Å²) < 4.78 is 26.5. The minimum atomic E-state index is -3.35. The van der Waals surface area contributed by atoms with E-state index in [1.807, 2.05) is 6.20 Å². The molecular weight excluding hydrogens is 344 g/mol. The zero-order chi connectivity index (χ0) is 18.4. The van der Waals surface area contributed by atoms with Crippen molar-refractivity contribution >= 4 is 21.6 Å². The molecular formula is C15H24N6O3S. The van der Waals surface area contributed by atoms with Crippen LogP contribution in [0.2, 0.25) is 0 Å². The molecule has 0 fully saturated rings. The first-order chi connectivity index (χ1) is 11.9. The van der Waals surface area contributed by atoms with Gasteiger partial charge in [0.25, 0.3) is 5.91 Å². The quantitative estimate of drug-likeness (QED) is 0.637. The fourth-order valence-electron chi connectivity index (χ4n) is 2.36. The van der Waals surface area contributed by atoms with Crippen molar-refractivity contribution in [1.29, 1.82) is 0 Å². The van der Waals surface area contributed by atoms with Crippen molar-refractivity contribution < 1.29 is 13.2 Å². The van der Waals surface area contributed by atoms with Gasteiger partial charge in [-0.3, -0.25) is 9.69 Å². The maximum atomic E-state index is 12.2. The highest BCUT2D eigenvalue weighted by Gasteiger charge is 2.15. The summed E-state index contributed by atoms with van der Waals surface area (Å²) in [5, 5.41) is 6.75. The smallest absolute Gasteiger partial charge is 0.256 e. The molecule has 0 spiro atoms. The SMILES string of the molecule is CCN(CC)Cc1cnc2c(C(=O)NCCS(=O)(=O)NC)cnn2c1. The van der Waals surface area contributed by atoms with Crippen LogP contribution in [0.15, 0.2) is 18.6 Å². The van der Waals surface area contributed by atoms with Crippen molar-refractivity contribution in [3.63, 3.8) is 0 Å². The molecule has 25 heavy (non-hydrogen) atoms. The average molecular weight is 368 g/mol. The summed E-state index contributed by atoms with van der Waals surface area (Å²) in [6.07, 6.45) is 5.02. The van der Waals surface area contributed by atoms with E-state index in [1.165, 1.54) is 13.2 Å². The Hall–Kier alpha value is -2.04. The first kappa shape index (κ1) is 19.3. The van der Waals surface area contributed by atoms with E-state index >= 15 is 0 Å². The van der Waals surface area contributed by atoms with E-state index in [-0.39, 0.29) is 12.3 Å². The second-order valence-corrected chi connectivity index (χ2v) is 7.57. The summed E-state index contributed by atoms with van der Waals surface area (Å²) in [5.41, 5.74) is 1.76. The van der Waals surface area contributed by atoms with Gasteiger partial charge in [0, 0.05) is 31.0 Å². The van der Waals surface area contributed by atoms with E-state index in [0.29, 0.717) is 11.2 Å². The minimum Gasteiger partial charge on any atom is -0.351 e. The summed E-state index contributed by atoms with van der Waals surface area (Å²) in [5.74, 6) is -0.582. The van der Waals surface area contributed by atoms with E-state index in [0.717, 1.165) is 25.2 Å². The third-order valence-corrected chi connectivity index (χ3v) is 5.29. The van der Waals surface area contributed by atoms with Gasteiger partial charge >= 0.3 is 0 Å². The van der Waals surface area contributed by atoms with Crippen LogP contribution in [0.3, 0.4) is 0 Å². The first-order valence-electron chi connectivity index (χ1n) is 8.14. The van der Waals surface area contributed by atoms with Gasteiger partial charge in [-0.15, -0.1) is 0 Å². The molecule has 2 aromatic heterocycles. The molecule has 0 aliphatic rings. The number of hydrogen-bond acceptors (Lipinski definition) is 6. The summed E-state index contributed by atoms with van der Waals surface area (Å²) in [6, 6.07) is 0. The zero-order valence-electron chi connectivity index (χ0n) is 14.7. The lowest BCUT2D eigenvalue weighted by Gasteiger charge is -2.17. The van der Waals surface area contributed by atoms with E-state index in [4.69, 9.17) is 0 Å². The molecule has 138 valence electrons. The number of aromatic nitrogens is 3. The molecule has 9 nitrogen and oxygen atoms in total. The van der Waals surface area contributed by atoms with Gasteiger partial charge < -0.3 is 5.32 Å². The van der Waals surface area contributed by atoms with Crippen molar-refractivity contribution in [2.75, 3.05) is 32.4 Å². The Kier molecular flexibility index (Phi) is 6.45. The van der Waals surface area contributed by atoms with E-state index < -0.39 is 15.9 Å². The molecule has 2 heterocycles. The maximum Gasteiger partial charge on any atom is 0.256 e. The summed E-state index contributed by atoms with van der Waals surface area (Å²) in [7, 11) is -2.02. The zero-order valence-corrected chi connectivity index (χ0v) is 15.5. The predicted octanol–water partition coefficient (Wildman–Crippen LogP) is -0.150. The van der Waals surface area contributed by atoms with Crippen LogP contribution in [-0.4, -0.2) is 66.3 Å². The first-order valence-corrected chi connectivity index (χ1v) is 9.79. The Bertz CT molecular complexity index is 829. The van der Waals surface area contributed by atoms with Crippen molar-refractivity contribution in [2.45, 2.75) is 20.4 Å². The number of rotatable bonds is 9. The Labute approximate surface area is 147 Å². The molecule has 0 aliphatic carbocycles.